The maximum atomic E-state index is 10.6. The van der Waals surface area contributed by atoms with Crippen LogP contribution < -0.4 is 0 Å². The van der Waals surface area contributed by atoms with Gasteiger partial charge in [0.1, 0.15) is 6.17 Å². The van der Waals surface area contributed by atoms with Crippen LogP contribution in [0.25, 0.3) is 0 Å². The second-order valence-electron chi connectivity index (χ2n) is 0.429. The van der Waals surface area contributed by atoms with E-state index < -0.39 is 0 Å². The van der Waals surface area contributed by atoms with Crippen molar-refractivity contribution in [1.82, 2.24) is 0 Å². The fourth-order valence-electron chi connectivity index (χ4n) is 0.0299. The van der Waals surface area contributed by atoms with Gasteiger partial charge in [-0.3, -0.25) is 0 Å². The lowest BCUT2D eigenvalue weighted by molar-refractivity contribution is 0.773. The summed E-state index contributed by atoms with van der Waals surface area (Å²) >= 11 is 3.59. The Morgan fingerprint density at radius 3 is 2.40 bits per heavy atom. The smallest absolute Gasteiger partial charge is 0.106 e. The summed E-state index contributed by atoms with van der Waals surface area (Å²) in [5.74, 6) is 2.36. The van der Waals surface area contributed by atoms with Crippen LogP contribution in [0.5, 0.6) is 0 Å². The average Bonchev–Trinajstić information content (AvgIpc) is 1.41. The lowest BCUT2D eigenvalue weighted by atomic mass is 10.8. The third-order valence-corrected chi connectivity index (χ3v) is 0.304. The second-order valence-corrected chi connectivity index (χ2v) is 0.746. The standard InChI is InChI=1S/C3H3FS/c4-2-1-3-5/h5H,3H2. The molecule has 0 amide bonds. The van der Waals surface area contributed by atoms with E-state index in [1.165, 1.54) is 6.17 Å². The SMILES string of the molecule is FC#CCS. The minimum atomic E-state index is 0.302. The highest BCUT2D eigenvalue weighted by molar-refractivity contribution is 7.80. The van der Waals surface area contributed by atoms with E-state index in [2.05, 4.69) is 18.5 Å². The summed E-state index contributed by atoms with van der Waals surface area (Å²) in [4.78, 5) is 0. The largest absolute Gasteiger partial charge is 0.166 e. The van der Waals surface area contributed by atoms with Crippen LogP contribution in [0.3, 0.4) is 0 Å². The molecule has 0 spiro atoms. The maximum Gasteiger partial charge on any atom is 0.106 e. The first kappa shape index (κ1) is 4.84. The molecule has 0 aromatic carbocycles. The first-order valence-corrected chi connectivity index (χ1v) is 1.74. The molecule has 0 saturated heterocycles. The van der Waals surface area contributed by atoms with Gasteiger partial charge in [-0.1, -0.05) is 5.92 Å². The molecule has 0 bridgehead atoms. The zero-order valence-electron chi connectivity index (χ0n) is 2.53. The van der Waals surface area contributed by atoms with Gasteiger partial charge in [-0.2, -0.15) is 12.6 Å². The van der Waals surface area contributed by atoms with Gasteiger partial charge in [0.15, 0.2) is 0 Å². The Morgan fingerprint density at radius 1 is 1.80 bits per heavy atom. The van der Waals surface area contributed by atoms with Crippen LogP contribution in [0.2, 0.25) is 0 Å². The first-order chi connectivity index (χ1) is 2.41. The van der Waals surface area contributed by atoms with Gasteiger partial charge in [0.2, 0.25) is 0 Å². The van der Waals surface area contributed by atoms with E-state index in [-0.39, 0.29) is 0 Å². The molecule has 0 saturated carbocycles. The topological polar surface area (TPSA) is 0 Å². The Kier molecular flexibility index (Phi) is 3.72. The number of rotatable bonds is 0. The summed E-state index contributed by atoms with van der Waals surface area (Å²) in [7, 11) is 0. The summed E-state index contributed by atoms with van der Waals surface area (Å²) < 4.78 is 10.6. The molecule has 0 unspecified atom stereocenters. The maximum absolute atomic E-state index is 10.6. The minimum Gasteiger partial charge on any atom is -0.166 e. The molecule has 0 heterocycles. The number of halogens is 1. The monoisotopic (exact) mass is 90.0 g/mol. The lowest BCUT2D eigenvalue weighted by Crippen LogP contribution is -1.51. The van der Waals surface area contributed by atoms with Crippen molar-refractivity contribution in [3.05, 3.63) is 0 Å². The van der Waals surface area contributed by atoms with Crippen molar-refractivity contribution in [1.29, 1.82) is 0 Å². The summed E-state index contributed by atoms with van der Waals surface area (Å²) in [6.07, 6.45) is 1.19. The van der Waals surface area contributed by atoms with Gasteiger partial charge in [0.25, 0.3) is 0 Å². The van der Waals surface area contributed by atoms with Crippen LogP contribution in [-0.2, 0) is 0 Å². The molecular formula is C3H3FS. The molecule has 0 nitrogen and oxygen atoms in total. The van der Waals surface area contributed by atoms with Crippen LogP contribution in [0.15, 0.2) is 0 Å². The minimum absolute atomic E-state index is 0.302. The molecule has 0 fully saturated rings. The first-order valence-electron chi connectivity index (χ1n) is 1.11. The van der Waals surface area contributed by atoms with E-state index in [0.29, 0.717) is 5.75 Å². The molecule has 0 N–H and O–H groups in total. The van der Waals surface area contributed by atoms with Crippen molar-refractivity contribution in [3.63, 3.8) is 0 Å². The molecule has 2 heteroatoms. The highest BCUT2D eigenvalue weighted by Gasteiger charge is 1.52. The summed E-state index contributed by atoms with van der Waals surface area (Å²) in [5.41, 5.74) is 0. The van der Waals surface area contributed by atoms with E-state index in [1.807, 2.05) is 0 Å². The van der Waals surface area contributed by atoms with Crippen molar-refractivity contribution in [2.45, 2.75) is 0 Å². The summed E-state index contributed by atoms with van der Waals surface area (Å²) in [6.45, 7) is 0. The molecule has 0 aliphatic rings. The Morgan fingerprint density at radius 2 is 2.40 bits per heavy atom. The third kappa shape index (κ3) is 3.84. The fourth-order valence-corrected chi connectivity index (χ4v) is 0.0896. The van der Waals surface area contributed by atoms with Crippen LogP contribution >= 0.6 is 12.6 Å². The molecule has 0 aromatic heterocycles. The molecule has 0 rings (SSSR count). The van der Waals surface area contributed by atoms with Gasteiger partial charge < -0.3 is 0 Å². The Labute approximate surface area is 35.8 Å². The molecule has 0 aliphatic heterocycles. The Hall–Kier alpha value is -0.160. The van der Waals surface area contributed by atoms with E-state index >= 15 is 0 Å². The molecule has 0 aliphatic carbocycles. The van der Waals surface area contributed by atoms with Crippen LogP contribution in [-0.4, -0.2) is 5.75 Å². The van der Waals surface area contributed by atoms with Crippen LogP contribution in [0.1, 0.15) is 0 Å². The second kappa shape index (κ2) is 3.84. The highest BCUT2D eigenvalue weighted by Crippen LogP contribution is 1.64. The number of hydrogen-bond acceptors (Lipinski definition) is 1. The van der Waals surface area contributed by atoms with Crippen molar-refractivity contribution in [2.75, 3.05) is 5.75 Å². The summed E-state index contributed by atoms with van der Waals surface area (Å²) in [6, 6.07) is 0. The van der Waals surface area contributed by atoms with E-state index in [9.17, 15) is 4.39 Å². The normalized spacial score (nSPS) is 5.20. The lowest BCUT2D eigenvalue weighted by Gasteiger charge is -1.55. The van der Waals surface area contributed by atoms with Crippen molar-refractivity contribution >= 4 is 12.6 Å². The zero-order valence-corrected chi connectivity index (χ0v) is 3.43. The van der Waals surface area contributed by atoms with Crippen molar-refractivity contribution in [3.8, 4) is 12.1 Å². The quantitative estimate of drug-likeness (QED) is 0.331. The van der Waals surface area contributed by atoms with Gasteiger partial charge in [-0.25, -0.2) is 0 Å². The van der Waals surface area contributed by atoms with Gasteiger partial charge in [-0.15, -0.1) is 4.39 Å². The zero-order chi connectivity index (χ0) is 4.12. The fraction of sp³-hybridized carbons (Fsp3) is 0.333. The average molecular weight is 90.1 g/mol. The molecule has 5 heavy (non-hydrogen) atoms. The Bertz CT molecular complexity index is 59.0. The molecule has 0 aromatic rings. The number of hydrogen-bond donors (Lipinski definition) is 1. The van der Waals surface area contributed by atoms with Gasteiger partial charge in [0, 0.05) is 0 Å². The number of thiol groups is 1. The predicted octanol–water partition coefficient (Wildman–Crippen LogP) is 0.847. The molecule has 0 atom stereocenters. The van der Waals surface area contributed by atoms with Crippen molar-refractivity contribution < 1.29 is 4.39 Å². The molecule has 0 radical (unpaired) electrons. The predicted molar refractivity (Wildman–Crippen MR) is 22.7 cm³/mol. The highest BCUT2D eigenvalue weighted by atomic mass is 32.1. The summed E-state index contributed by atoms with van der Waals surface area (Å²) in [5, 5.41) is 0. The van der Waals surface area contributed by atoms with Gasteiger partial charge in [-0.05, 0) is 0 Å². The van der Waals surface area contributed by atoms with Gasteiger partial charge >= 0.3 is 0 Å². The van der Waals surface area contributed by atoms with Gasteiger partial charge in [0.05, 0.1) is 5.75 Å². The Balaban J connectivity index is 2.81. The van der Waals surface area contributed by atoms with Crippen LogP contribution in [0, 0.1) is 12.1 Å². The third-order valence-electron chi connectivity index (χ3n) is 0.146. The van der Waals surface area contributed by atoms with E-state index in [1.54, 1.807) is 0 Å². The molecule has 28 valence electrons. The van der Waals surface area contributed by atoms with E-state index in [4.69, 9.17) is 0 Å². The van der Waals surface area contributed by atoms with Crippen molar-refractivity contribution in [2.24, 2.45) is 0 Å². The van der Waals surface area contributed by atoms with E-state index in [0.717, 1.165) is 0 Å². The molecular weight excluding hydrogens is 87.1 g/mol. The van der Waals surface area contributed by atoms with Crippen LogP contribution in [0.4, 0.5) is 4.39 Å².